The minimum atomic E-state index is -0.694. The minimum absolute atomic E-state index is 0.0593. The van der Waals surface area contributed by atoms with Crippen LogP contribution in [0.15, 0.2) is 0 Å². The molecule has 0 radical (unpaired) electrons. The van der Waals surface area contributed by atoms with Crippen molar-refractivity contribution in [2.24, 2.45) is 29.1 Å². The van der Waals surface area contributed by atoms with Gasteiger partial charge in [-0.15, -0.1) is 0 Å². The summed E-state index contributed by atoms with van der Waals surface area (Å²) in [7, 11) is 1.34. The monoisotopic (exact) mass is 266 g/mol. The first-order valence-corrected chi connectivity index (χ1v) is 6.98. The minimum Gasteiger partial charge on any atom is -0.469 e. The van der Waals surface area contributed by atoms with Crippen molar-refractivity contribution in [3.05, 3.63) is 0 Å². The van der Waals surface area contributed by atoms with E-state index in [1.54, 1.807) is 6.92 Å². The van der Waals surface area contributed by atoms with Crippen molar-refractivity contribution in [3.63, 3.8) is 0 Å². The molecule has 0 unspecified atom stereocenters. The van der Waals surface area contributed by atoms with Crippen molar-refractivity contribution in [2.75, 3.05) is 7.11 Å². The molecule has 0 aromatic carbocycles. The molecule has 0 saturated heterocycles. The standard InChI is InChI=1S/C15H22O4/c1-8-7-11(16)15(3)9(2)5-6-10(14(18)19-4)12(15)13(8)17/h8-10,12H,5-7H2,1-4H3/t8-,9-,10+,12-,15+/m0/s1. The fraction of sp³-hybridized carbons (Fsp3) is 0.800. The van der Waals surface area contributed by atoms with Crippen LogP contribution in [0.5, 0.6) is 0 Å². The van der Waals surface area contributed by atoms with Gasteiger partial charge in [-0.1, -0.05) is 20.8 Å². The van der Waals surface area contributed by atoms with E-state index in [-0.39, 0.29) is 29.4 Å². The third kappa shape index (κ3) is 1.92. The lowest BCUT2D eigenvalue weighted by atomic mass is 9.50. The molecule has 106 valence electrons. The van der Waals surface area contributed by atoms with Crippen LogP contribution in [0.2, 0.25) is 0 Å². The zero-order valence-corrected chi connectivity index (χ0v) is 12.1. The van der Waals surface area contributed by atoms with Gasteiger partial charge in [0.25, 0.3) is 0 Å². The Kier molecular flexibility index (Phi) is 3.54. The summed E-state index contributed by atoms with van der Waals surface area (Å²) in [5.41, 5.74) is -0.694. The molecule has 0 bridgehead atoms. The predicted molar refractivity (Wildman–Crippen MR) is 69.3 cm³/mol. The van der Waals surface area contributed by atoms with Crippen LogP contribution >= 0.6 is 0 Å². The molecule has 4 nitrogen and oxygen atoms in total. The summed E-state index contributed by atoms with van der Waals surface area (Å²) in [4.78, 5) is 36.9. The van der Waals surface area contributed by atoms with E-state index in [1.807, 2.05) is 13.8 Å². The highest BCUT2D eigenvalue weighted by Gasteiger charge is 2.59. The molecule has 5 atom stereocenters. The topological polar surface area (TPSA) is 60.4 Å². The molecule has 0 aromatic heterocycles. The van der Waals surface area contributed by atoms with Crippen molar-refractivity contribution >= 4 is 17.5 Å². The zero-order chi connectivity index (χ0) is 14.4. The Labute approximate surface area is 113 Å². The number of esters is 1. The Bertz CT molecular complexity index is 428. The second-order valence-electron chi connectivity index (χ2n) is 6.30. The third-order valence-corrected chi connectivity index (χ3v) is 5.37. The Hall–Kier alpha value is -1.19. The molecule has 2 fully saturated rings. The first-order chi connectivity index (χ1) is 8.83. The van der Waals surface area contributed by atoms with Crippen molar-refractivity contribution in [1.29, 1.82) is 0 Å². The fourth-order valence-electron chi connectivity index (χ4n) is 3.87. The van der Waals surface area contributed by atoms with Gasteiger partial charge in [-0.3, -0.25) is 14.4 Å². The lowest BCUT2D eigenvalue weighted by molar-refractivity contribution is -0.169. The maximum absolute atomic E-state index is 12.5. The van der Waals surface area contributed by atoms with Crippen molar-refractivity contribution in [1.82, 2.24) is 0 Å². The number of hydrogen-bond donors (Lipinski definition) is 0. The lowest BCUT2D eigenvalue weighted by Crippen LogP contribution is -2.57. The molecule has 2 rings (SSSR count). The van der Waals surface area contributed by atoms with E-state index in [0.717, 1.165) is 6.42 Å². The Balaban J connectivity index is 2.46. The molecule has 0 amide bonds. The number of carbonyl (C=O) groups excluding carboxylic acids is 3. The number of ketones is 2. The summed E-state index contributed by atoms with van der Waals surface area (Å²) >= 11 is 0. The van der Waals surface area contributed by atoms with E-state index < -0.39 is 17.3 Å². The maximum atomic E-state index is 12.5. The Morgan fingerprint density at radius 1 is 1.26 bits per heavy atom. The number of Topliss-reactive ketones (excluding diaryl/α,β-unsaturated/α-hetero) is 2. The third-order valence-electron chi connectivity index (χ3n) is 5.37. The molecule has 0 N–H and O–H groups in total. The second-order valence-corrected chi connectivity index (χ2v) is 6.30. The number of ether oxygens (including phenoxy) is 1. The van der Waals surface area contributed by atoms with Crippen LogP contribution in [0.1, 0.15) is 40.0 Å². The van der Waals surface area contributed by atoms with Gasteiger partial charge in [0.2, 0.25) is 0 Å². The zero-order valence-electron chi connectivity index (χ0n) is 12.1. The number of rotatable bonds is 1. The molecule has 2 saturated carbocycles. The van der Waals surface area contributed by atoms with Crippen LogP contribution in [0, 0.1) is 29.1 Å². The predicted octanol–water partition coefficient (Wildman–Crippen LogP) is 2.01. The van der Waals surface area contributed by atoms with Crippen LogP contribution in [0.4, 0.5) is 0 Å². The fourth-order valence-corrected chi connectivity index (χ4v) is 3.87. The van der Waals surface area contributed by atoms with Crippen molar-refractivity contribution in [2.45, 2.75) is 40.0 Å². The summed E-state index contributed by atoms with van der Waals surface area (Å²) in [6.45, 7) is 5.67. The van der Waals surface area contributed by atoms with Gasteiger partial charge in [0.15, 0.2) is 0 Å². The smallest absolute Gasteiger partial charge is 0.309 e. The van der Waals surface area contributed by atoms with Crippen LogP contribution in [0.3, 0.4) is 0 Å². The largest absolute Gasteiger partial charge is 0.469 e. The first kappa shape index (κ1) is 14.2. The lowest BCUT2D eigenvalue weighted by Gasteiger charge is -2.50. The first-order valence-electron chi connectivity index (χ1n) is 6.98. The number of fused-ring (bicyclic) bond motifs is 1. The maximum Gasteiger partial charge on any atom is 0.309 e. The molecule has 2 aliphatic rings. The highest BCUT2D eigenvalue weighted by molar-refractivity contribution is 6.02. The van der Waals surface area contributed by atoms with Gasteiger partial charge in [-0.25, -0.2) is 0 Å². The molecule has 4 heteroatoms. The highest BCUT2D eigenvalue weighted by Crippen LogP contribution is 2.53. The normalized spacial score (nSPS) is 42.7. The van der Waals surface area contributed by atoms with Gasteiger partial charge in [0.1, 0.15) is 11.6 Å². The molecular weight excluding hydrogens is 244 g/mol. The summed E-state index contributed by atoms with van der Waals surface area (Å²) in [6.07, 6.45) is 1.74. The number of carbonyl (C=O) groups is 3. The van der Waals surface area contributed by atoms with E-state index >= 15 is 0 Å². The number of hydrogen-bond acceptors (Lipinski definition) is 4. The van der Waals surface area contributed by atoms with Gasteiger partial charge in [0.05, 0.1) is 13.0 Å². The van der Waals surface area contributed by atoms with E-state index in [4.69, 9.17) is 4.74 Å². The molecule has 19 heavy (non-hydrogen) atoms. The molecule has 0 aromatic rings. The van der Waals surface area contributed by atoms with Gasteiger partial charge in [-0.05, 0) is 18.8 Å². The van der Waals surface area contributed by atoms with Gasteiger partial charge < -0.3 is 4.74 Å². The van der Waals surface area contributed by atoms with Crippen LogP contribution in [-0.2, 0) is 19.1 Å². The molecular formula is C15H22O4. The summed E-state index contributed by atoms with van der Waals surface area (Å²) in [5.74, 6) is -1.25. The molecule has 0 spiro atoms. The second kappa shape index (κ2) is 4.73. The Morgan fingerprint density at radius 3 is 2.47 bits per heavy atom. The van der Waals surface area contributed by atoms with Crippen molar-refractivity contribution in [3.8, 4) is 0 Å². The summed E-state index contributed by atoms with van der Waals surface area (Å²) < 4.78 is 4.84. The van der Waals surface area contributed by atoms with Crippen LogP contribution in [-0.4, -0.2) is 24.6 Å². The Morgan fingerprint density at radius 2 is 1.89 bits per heavy atom. The van der Waals surface area contributed by atoms with Gasteiger partial charge in [0, 0.05) is 23.7 Å². The average Bonchev–Trinajstić information content (AvgIpc) is 2.38. The quantitative estimate of drug-likeness (QED) is 0.681. The van der Waals surface area contributed by atoms with E-state index in [2.05, 4.69) is 0 Å². The highest BCUT2D eigenvalue weighted by atomic mass is 16.5. The van der Waals surface area contributed by atoms with Crippen LogP contribution in [0.25, 0.3) is 0 Å². The summed E-state index contributed by atoms with van der Waals surface area (Å²) in [6, 6.07) is 0. The van der Waals surface area contributed by atoms with E-state index in [1.165, 1.54) is 7.11 Å². The molecule has 2 aliphatic carbocycles. The van der Waals surface area contributed by atoms with Crippen molar-refractivity contribution < 1.29 is 19.1 Å². The molecule has 0 heterocycles. The van der Waals surface area contributed by atoms with Gasteiger partial charge in [-0.2, -0.15) is 0 Å². The van der Waals surface area contributed by atoms with Gasteiger partial charge >= 0.3 is 5.97 Å². The average molecular weight is 266 g/mol. The van der Waals surface area contributed by atoms with E-state index in [0.29, 0.717) is 12.8 Å². The summed E-state index contributed by atoms with van der Waals surface area (Å²) in [5, 5.41) is 0. The number of methoxy groups -OCH3 is 1. The van der Waals surface area contributed by atoms with Crippen LogP contribution < -0.4 is 0 Å². The van der Waals surface area contributed by atoms with E-state index in [9.17, 15) is 14.4 Å². The SMILES string of the molecule is COC(=O)[C@@H]1CC[C@H](C)[C@]2(C)C(=O)C[C@H](C)C(=O)[C@H]12. The molecule has 0 aliphatic heterocycles.